The van der Waals surface area contributed by atoms with Crippen LogP contribution in [0.15, 0.2) is 63.9 Å². The first-order valence-corrected chi connectivity index (χ1v) is 11.5. The highest BCUT2D eigenvalue weighted by atomic mass is 19.4. The van der Waals surface area contributed by atoms with Gasteiger partial charge in [-0.1, -0.05) is 18.2 Å². The maximum Gasteiger partial charge on any atom is 0.386 e. The fourth-order valence-corrected chi connectivity index (χ4v) is 3.91. The number of ether oxygens (including phenoxy) is 1. The van der Waals surface area contributed by atoms with Crippen molar-refractivity contribution in [2.24, 2.45) is 0 Å². The summed E-state index contributed by atoms with van der Waals surface area (Å²) in [5.41, 5.74) is 3.80. The summed E-state index contributed by atoms with van der Waals surface area (Å²) < 4.78 is 42.5. The van der Waals surface area contributed by atoms with Gasteiger partial charge in [0.05, 0.1) is 24.1 Å². The van der Waals surface area contributed by atoms with E-state index in [-0.39, 0.29) is 24.0 Å². The monoisotopic (exact) mass is 528 g/mol. The number of alkyl halides is 3. The quantitative estimate of drug-likeness (QED) is 0.280. The van der Waals surface area contributed by atoms with E-state index < -0.39 is 12.1 Å². The lowest BCUT2D eigenvalue weighted by Crippen LogP contribution is -2.14. The van der Waals surface area contributed by atoms with Crippen molar-refractivity contribution in [1.82, 2.24) is 4.98 Å². The summed E-state index contributed by atoms with van der Waals surface area (Å²) in [7, 11) is 1.54. The zero-order valence-electron chi connectivity index (χ0n) is 21.4. The normalized spacial score (nSPS) is 11.9. The number of hydrogen-bond acceptors (Lipinski definition) is 6. The fraction of sp³-hybridized carbons (Fsp3) is 0.250. The predicted molar refractivity (Wildman–Crippen MR) is 139 cm³/mol. The number of benzene rings is 2. The number of halogens is 3. The number of aromatic carboxylic acids is 1. The van der Waals surface area contributed by atoms with Gasteiger partial charge in [-0.25, -0.2) is 9.78 Å². The first kappa shape index (κ1) is 28.2. The molecule has 0 amide bonds. The van der Waals surface area contributed by atoms with Gasteiger partial charge in [-0.3, -0.25) is 4.79 Å². The van der Waals surface area contributed by atoms with Crippen LogP contribution in [0.3, 0.4) is 0 Å². The van der Waals surface area contributed by atoms with Crippen LogP contribution >= 0.6 is 0 Å². The molecular formula is C28H27F3N2O5. The highest BCUT2D eigenvalue weighted by molar-refractivity contribution is 5.94. The van der Waals surface area contributed by atoms with E-state index in [2.05, 4.69) is 10.3 Å². The number of carboxylic acids is 1. The Labute approximate surface area is 216 Å². The number of rotatable bonds is 6. The van der Waals surface area contributed by atoms with Gasteiger partial charge in [0.1, 0.15) is 11.3 Å². The number of nitrogens with zero attached hydrogens (tertiary/aromatic N) is 1. The number of hydrogen-bond donors (Lipinski definition) is 2. The number of methoxy groups -OCH3 is 1. The molecule has 0 aliphatic heterocycles. The molecule has 0 bridgehead atoms. The number of anilines is 1. The molecule has 7 nitrogen and oxygen atoms in total. The fourth-order valence-electron chi connectivity index (χ4n) is 3.91. The Hall–Kier alpha value is -4.34. The summed E-state index contributed by atoms with van der Waals surface area (Å²) in [5.74, 6) is -0.118. The van der Waals surface area contributed by atoms with E-state index in [9.17, 15) is 27.9 Å². The SMILES string of the molecule is CC(F)(F)F.COc1ccc(-c2oc3c(C(C)Nc4ccccc4C(=O)O)cc(C)cc3c(=O)c2C)cn1. The largest absolute Gasteiger partial charge is 0.481 e. The van der Waals surface area contributed by atoms with Gasteiger partial charge in [0, 0.05) is 41.6 Å². The Morgan fingerprint density at radius 3 is 2.37 bits per heavy atom. The minimum absolute atomic E-state index is 0.120. The number of para-hydroxylation sites is 1. The molecule has 1 unspecified atom stereocenters. The van der Waals surface area contributed by atoms with Gasteiger partial charge in [-0.15, -0.1) is 0 Å². The van der Waals surface area contributed by atoms with E-state index in [4.69, 9.17) is 9.15 Å². The van der Waals surface area contributed by atoms with E-state index in [1.807, 2.05) is 26.0 Å². The molecule has 2 heterocycles. The van der Waals surface area contributed by atoms with Crippen LogP contribution < -0.4 is 15.5 Å². The maximum absolute atomic E-state index is 13.3. The van der Waals surface area contributed by atoms with Crippen LogP contribution in [0, 0.1) is 13.8 Å². The first-order valence-electron chi connectivity index (χ1n) is 11.5. The molecule has 10 heteroatoms. The average molecular weight is 529 g/mol. The van der Waals surface area contributed by atoms with E-state index in [0.29, 0.717) is 39.4 Å². The summed E-state index contributed by atoms with van der Waals surface area (Å²) in [4.78, 5) is 29.1. The van der Waals surface area contributed by atoms with E-state index in [1.54, 1.807) is 49.5 Å². The molecule has 0 spiro atoms. The topological polar surface area (TPSA) is 102 Å². The molecule has 0 aliphatic carbocycles. The number of fused-ring (bicyclic) bond motifs is 1. The Bertz CT molecular complexity index is 1510. The molecule has 200 valence electrons. The second-order valence-electron chi connectivity index (χ2n) is 8.70. The molecule has 0 radical (unpaired) electrons. The smallest absolute Gasteiger partial charge is 0.386 e. The lowest BCUT2D eigenvalue weighted by molar-refractivity contribution is -0.110. The second kappa shape index (κ2) is 11.4. The number of aryl methyl sites for hydroxylation is 1. The van der Waals surface area contributed by atoms with Crippen LogP contribution in [0.5, 0.6) is 5.88 Å². The van der Waals surface area contributed by atoms with Crippen molar-refractivity contribution in [3.05, 3.63) is 87.2 Å². The minimum Gasteiger partial charge on any atom is -0.481 e. The summed E-state index contributed by atoms with van der Waals surface area (Å²) in [5, 5.41) is 13.3. The van der Waals surface area contributed by atoms with Gasteiger partial charge in [-0.2, -0.15) is 13.2 Å². The standard InChI is InChI=1S/C26H24N2O5.C2H3F3/c1-14-11-19(16(3)28-21-8-6-5-7-18(21)26(30)31)25-20(12-14)23(29)15(2)24(33-25)17-9-10-22(32-4)27-13-17;1-2(3,4)5/h5-13,16,28H,1-4H3,(H,30,31);1H3. The van der Waals surface area contributed by atoms with Crippen LogP contribution in [-0.2, 0) is 0 Å². The number of carboxylic acid groups (broad SMARTS) is 1. The zero-order chi connectivity index (χ0) is 28.2. The van der Waals surface area contributed by atoms with Gasteiger partial charge in [0.2, 0.25) is 5.88 Å². The van der Waals surface area contributed by atoms with Gasteiger partial charge < -0.3 is 19.6 Å². The second-order valence-corrected chi connectivity index (χ2v) is 8.70. The highest BCUT2D eigenvalue weighted by Gasteiger charge is 2.20. The van der Waals surface area contributed by atoms with Crippen molar-refractivity contribution in [2.45, 2.75) is 39.9 Å². The van der Waals surface area contributed by atoms with Crippen molar-refractivity contribution in [3.63, 3.8) is 0 Å². The van der Waals surface area contributed by atoms with Gasteiger partial charge in [-0.05, 0) is 50.6 Å². The molecule has 0 saturated carbocycles. The molecular weight excluding hydrogens is 501 g/mol. The Morgan fingerprint density at radius 1 is 1.13 bits per heavy atom. The van der Waals surface area contributed by atoms with Crippen LogP contribution in [-0.4, -0.2) is 29.3 Å². The molecule has 4 aromatic rings. The Kier molecular flexibility index (Phi) is 8.45. The summed E-state index contributed by atoms with van der Waals surface area (Å²) >= 11 is 0. The Morgan fingerprint density at radius 2 is 1.79 bits per heavy atom. The zero-order valence-corrected chi connectivity index (χ0v) is 21.4. The third-order valence-corrected chi connectivity index (χ3v) is 5.60. The molecule has 38 heavy (non-hydrogen) atoms. The van der Waals surface area contributed by atoms with E-state index >= 15 is 0 Å². The molecule has 2 N–H and O–H groups in total. The lowest BCUT2D eigenvalue weighted by atomic mass is 9.99. The Balaban J connectivity index is 0.000000732. The number of nitrogens with one attached hydrogen (secondary N) is 1. The highest BCUT2D eigenvalue weighted by Crippen LogP contribution is 2.32. The van der Waals surface area contributed by atoms with Crippen molar-refractivity contribution in [3.8, 4) is 17.2 Å². The van der Waals surface area contributed by atoms with Crippen LogP contribution in [0.25, 0.3) is 22.3 Å². The molecule has 2 aromatic carbocycles. The van der Waals surface area contributed by atoms with Gasteiger partial charge in [0.15, 0.2) is 5.43 Å². The molecule has 0 aliphatic rings. The first-order chi connectivity index (χ1) is 17.8. The van der Waals surface area contributed by atoms with E-state index in [0.717, 1.165) is 11.1 Å². The molecule has 0 fully saturated rings. The lowest BCUT2D eigenvalue weighted by Gasteiger charge is -2.20. The van der Waals surface area contributed by atoms with Crippen molar-refractivity contribution >= 4 is 22.6 Å². The van der Waals surface area contributed by atoms with Gasteiger partial charge >= 0.3 is 12.1 Å². The molecule has 0 saturated heterocycles. The van der Waals surface area contributed by atoms with Crippen LogP contribution in [0.2, 0.25) is 0 Å². The van der Waals surface area contributed by atoms with Crippen LogP contribution in [0.4, 0.5) is 18.9 Å². The summed E-state index contributed by atoms with van der Waals surface area (Å²) in [6.07, 6.45) is -2.39. The third-order valence-electron chi connectivity index (χ3n) is 5.60. The van der Waals surface area contributed by atoms with Crippen molar-refractivity contribution in [1.29, 1.82) is 0 Å². The average Bonchev–Trinajstić information content (AvgIpc) is 2.85. The predicted octanol–water partition coefficient (Wildman–Crippen LogP) is 6.92. The van der Waals surface area contributed by atoms with Crippen molar-refractivity contribution in [2.75, 3.05) is 12.4 Å². The third kappa shape index (κ3) is 6.70. The maximum atomic E-state index is 13.3. The van der Waals surface area contributed by atoms with Crippen molar-refractivity contribution < 1.29 is 32.2 Å². The van der Waals surface area contributed by atoms with E-state index in [1.165, 1.54) is 7.11 Å². The molecule has 4 rings (SSSR count). The molecule has 1 atom stereocenters. The summed E-state index contributed by atoms with van der Waals surface area (Å²) in [6, 6.07) is 13.6. The van der Waals surface area contributed by atoms with Crippen LogP contribution in [0.1, 0.15) is 46.9 Å². The minimum atomic E-state index is -4.00. The summed E-state index contributed by atoms with van der Waals surface area (Å²) in [6.45, 7) is 5.74. The molecule has 2 aromatic heterocycles. The number of pyridine rings is 1. The number of aromatic nitrogens is 1. The number of carbonyl (C=O) groups is 1. The van der Waals surface area contributed by atoms with Gasteiger partial charge in [0.25, 0.3) is 0 Å².